The van der Waals surface area contributed by atoms with Crippen molar-refractivity contribution in [3.05, 3.63) is 180 Å². The second-order valence-electron chi connectivity index (χ2n) is 13.8. The minimum absolute atomic E-state index is 0.737. The van der Waals surface area contributed by atoms with Gasteiger partial charge in [-0.15, -0.1) is 0 Å². The summed E-state index contributed by atoms with van der Waals surface area (Å²) in [5.74, 6) is 0.737. The molecule has 2 aromatic heterocycles. The van der Waals surface area contributed by atoms with Crippen molar-refractivity contribution in [1.82, 2.24) is 9.97 Å². The van der Waals surface area contributed by atoms with Crippen LogP contribution < -0.4 is 0 Å². The lowest BCUT2D eigenvalue weighted by Crippen LogP contribution is -1.94. The second kappa shape index (κ2) is 14.5. The van der Waals surface area contributed by atoms with Crippen LogP contribution in [-0.2, 0) is 12.8 Å². The topological polar surface area (TPSA) is 25.8 Å². The van der Waals surface area contributed by atoms with Gasteiger partial charge in [0.05, 0.1) is 11.4 Å². The summed E-state index contributed by atoms with van der Waals surface area (Å²) in [6.45, 7) is 2.21. The fourth-order valence-corrected chi connectivity index (χ4v) is 7.61. The Labute approximate surface area is 296 Å². The SMILES string of the molecule is Cc1cc(CCc2ccc(-c3ccccn3)cc2)cc(-c2ccccc2-c2ccc(-c3cc(-c4ccc(C5CCCC5)cc4)ccn3)cc2)c1. The van der Waals surface area contributed by atoms with E-state index >= 15 is 0 Å². The predicted molar refractivity (Wildman–Crippen MR) is 209 cm³/mol. The maximum atomic E-state index is 4.76. The second-order valence-corrected chi connectivity index (χ2v) is 13.8. The van der Waals surface area contributed by atoms with E-state index in [-0.39, 0.29) is 0 Å². The third-order valence-electron chi connectivity index (χ3n) is 10.3. The van der Waals surface area contributed by atoms with E-state index in [1.807, 2.05) is 24.5 Å². The highest BCUT2D eigenvalue weighted by atomic mass is 14.7. The first kappa shape index (κ1) is 31.7. The number of aromatic nitrogens is 2. The number of nitrogens with zero attached hydrogens (tertiary/aromatic N) is 2. The monoisotopic (exact) mass is 646 g/mol. The van der Waals surface area contributed by atoms with E-state index in [2.05, 4.69) is 145 Å². The van der Waals surface area contributed by atoms with Crippen molar-refractivity contribution in [2.45, 2.75) is 51.4 Å². The summed E-state index contributed by atoms with van der Waals surface area (Å²) in [6.07, 6.45) is 11.2. The number of hydrogen-bond donors (Lipinski definition) is 0. The fraction of sp³-hybridized carbons (Fsp3) is 0.167. The van der Waals surface area contributed by atoms with E-state index in [1.54, 1.807) is 0 Å². The number of aryl methyl sites for hydroxylation is 3. The van der Waals surface area contributed by atoms with Gasteiger partial charge < -0.3 is 0 Å². The van der Waals surface area contributed by atoms with Gasteiger partial charge in [0.1, 0.15) is 0 Å². The van der Waals surface area contributed by atoms with Crippen molar-refractivity contribution < 1.29 is 0 Å². The zero-order valence-corrected chi connectivity index (χ0v) is 28.7. The molecule has 1 aliphatic rings. The molecule has 0 N–H and O–H groups in total. The molecule has 7 aromatic rings. The number of pyridine rings is 2. The molecule has 5 aromatic carbocycles. The summed E-state index contributed by atoms with van der Waals surface area (Å²) in [4.78, 5) is 9.25. The Morgan fingerprint density at radius 3 is 1.82 bits per heavy atom. The lowest BCUT2D eigenvalue weighted by Gasteiger charge is -2.14. The summed E-state index contributed by atoms with van der Waals surface area (Å²) < 4.78 is 0. The van der Waals surface area contributed by atoms with Crippen molar-refractivity contribution in [1.29, 1.82) is 0 Å². The van der Waals surface area contributed by atoms with Crippen molar-refractivity contribution in [2.24, 2.45) is 0 Å². The van der Waals surface area contributed by atoms with Gasteiger partial charge in [0.2, 0.25) is 0 Å². The first-order valence-electron chi connectivity index (χ1n) is 18.0. The maximum Gasteiger partial charge on any atom is 0.0708 e. The molecular formula is C48H42N2. The maximum absolute atomic E-state index is 4.76. The molecule has 1 fully saturated rings. The quantitative estimate of drug-likeness (QED) is 0.156. The molecule has 1 aliphatic carbocycles. The van der Waals surface area contributed by atoms with E-state index in [0.717, 1.165) is 41.3 Å². The molecule has 2 heterocycles. The van der Waals surface area contributed by atoms with Gasteiger partial charge in [0.25, 0.3) is 0 Å². The van der Waals surface area contributed by atoms with Crippen LogP contribution in [0.15, 0.2) is 158 Å². The molecule has 1 saturated carbocycles. The van der Waals surface area contributed by atoms with E-state index in [1.165, 1.54) is 81.3 Å². The van der Waals surface area contributed by atoms with Gasteiger partial charge in [-0.2, -0.15) is 0 Å². The first-order chi connectivity index (χ1) is 24.7. The summed E-state index contributed by atoms with van der Waals surface area (Å²) >= 11 is 0. The molecule has 0 saturated heterocycles. The Hall–Kier alpha value is -5.60. The van der Waals surface area contributed by atoms with Crippen molar-refractivity contribution >= 4 is 0 Å². The Kier molecular flexibility index (Phi) is 9.17. The van der Waals surface area contributed by atoms with Gasteiger partial charge in [-0.05, 0) is 113 Å². The summed E-state index contributed by atoms with van der Waals surface area (Å²) in [7, 11) is 0. The molecule has 0 aliphatic heterocycles. The van der Waals surface area contributed by atoms with Crippen LogP contribution in [0.25, 0.3) is 55.9 Å². The average molecular weight is 647 g/mol. The predicted octanol–water partition coefficient (Wildman–Crippen LogP) is 12.6. The Morgan fingerprint density at radius 2 is 1.08 bits per heavy atom. The van der Waals surface area contributed by atoms with Crippen LogP contribution in [0.5, 0.6) is 0 Å². The van der Waals surface area contributed by atoms with Crippen LogP contribution in [0.2, 0.25) is 0 Å². The Balaban J connectivity index is 0.994. The largest absolute Gasteiger partial charge is 0.256 e. The molecule has 0 unspecified atom stereocenters. The lowest BCUT2D eigenvalue weighted by atomic mass is 9.91. The Bertz CT molecular complexity index is 2190. The smallest absolute Gasteiger partial charge is 0.0708 e. The highest BCUT2D eigenvalue weighted by molar-refractivity contribution is 5.85. The Morgan fingerprint density at radius 1 is 0.460 bits per heavy atom. The minimum atomic E-state index is 0.737. The van der Waals surface area contributed by atoms with Gasteiger partial charge >= 0.3 is 0 Å². The molecule has 0 spiro atoms. The highest BCUT2D eigenvalue weighted by Gasteiger charge is 2.17. The first-order valence-corrected chi connectivity index (χ1v) is 18.0. The molecule has 2 heteroatoms. The van der Waals surface area contributed by atoms with Crippen molar-refractivity contribution in [2.75, 3.05) is 0 Å². The summed E-state index contributed by atoms with van der Waals surface area (Å²) in [6, 6.07) is 53.1. The van der Waals surface area contributed by atoms with Crippen LogP contribution >= 0.6 is 0 Å². The third-order valence-corrected chi connectivity index (χ3v) is 10.3. The van der Waals surface area contributed by atoms with Crippen molar-refractivity contribution in [3.63, 3.8) is 0 Å². The average Bonchev–Trinajstić information content (AvgIpc) is 3.73. The van der Waals surface area contributed by atoms with Gasteiger partial charge in [-0.25, -0.2) is 0 Å². The molecule has 0 atom stereocenters. The van der Waals surface area contributed by atoms with Crippen molar-refractivity contribution in [3.8, 4) is 55.9 Å². The normalized spacial score (nSPS) is 13.1. The standard InChI is InChI=1S/C48H42N2/c1-34-30-36(14-13-35-15-17-41(18-16-35)47-12-6-7-28-49-47)32-44(31-34)46-11-5-4-10-45(46)40-23-25-42(26-24-40)48-33-43(27-29-50-48)39-21-19-38(20-22-39)37-8-2-3-9-37/h4-7,10-12,15-33,37H,2-3,8-9,13-14H2,1H3. The molecule has 244 valence electrons. The molecule has 0 radical (unpaired) electrons. The minimum Gasteiger partial charge on any atom is -0.256 e. The molecule has 8 rings (SSSR count). The van der Waals surface area contributed by atoms with Gasteiger partial charge in [-0.3, -0.25) is 9.97 Å². The summed E-state index contributed by atoms with van der Waals surface area (Å²) in [5, 5.41) is 0. The molecular weight excluding hydrogens is 605 g/mol. The number of hydrogen-bond acceptors (Lipinski definition) is 2. The van der Waals surface area contributed by atoms with E-state index in [9.17, 15) is 0 Å². The number of benzene rings is 5. The molecule has 0 bridgehead atoms. The molecule has 50 heavy (non-hydrogen) atoms. The van der Waals surface area contributed by atoms with Gasteiger partial charge in [0, 0.05) is 23.5 Å². The van der Waals surface area contributed by atoms with Crippen LogP contribution in [0.4, 0.5) is 0 Å². The van der Waals surface area contributed by atoms with Gasteiger partial charge in [0.15, 0.2) is 0 Å². The van der Waals surface area contributed by atoms with Gasteiger partial charge in [-0.1, -0.05) is 140 Å². The highest BCUT2D eigenvalue weighted by Crippen LogP contribution is 2.37. The van der Waals surface area contributed by atoms with Crippen LogP contribution in [0.1, 0.15) is 53.9 Å². The van der Waals surface area contributed by atoms with E-state index in [4.69, 9.17) is 4.98 Å². The number of rotatable bonds is 9. The zero-order chi connectivity index (χ0) is 33.7. The summed E-state index contributed by atoms with van der Waals surface area (Å²) in [5.41, 5.74) is 17.2. The van der Waals surface area contributed by atoms with Crippen LogP contribution in [0.3, 0.4) is 0 Å². The molecule has 2 nitrogen and oxygen atoms in total. The third kappa shape index (κ3) is 7.07. The van der Waals surface area contributed by atoms with E-state index < -0.39 is 0 Å². The fourth-order valence-electron chi connectivity index (χ4n) is 7.61. The van der Waals surface area contributed by atoms with Crippen LogP contribution in [-0.4, -0.2) is 9.97 Å². The molecule has 0 amide bonds. The zero-order valence-electron chi connectivity index (χ0n) is 28.7. The van der Waals surface area contributed by atoms with E-state index in [0.29, 0.717) is 0 Å². The van der Waals surface area contributed by atoms with Crippen LogP contribution in [0, 0.1) is 6.92 Å². The lowest BCUT2D eigenvalue weighted by molar-refractivity contribution is 0.723.